The molecule has 0 atom stereocenters. The zero-order valence-corrected chi connectivity index (χ0v) is 18.3. The van der Waals surface area contributed by atoms with Crippen molar-refractivity contribution < 1.29 is 14.3 Å². The summed E-state index contributed by atoms with van der Waals surface area (Å²) < 4.78 is 11.5. The molecule has 2 heterocycles. The van der Waals surface area contributed by atoms with Gasteiger partial charge in [-0.25, -0.2) is 0 Å². The number of ether oxygens (including phenoxy) is 2. The third-order valence-electron chi connectivity index (χ3n) is 4.69. The van der Waals surface area contributed by atoms with Crippen LogP contribution in [0.25, 0.3) is 6.08 Å². The van der Waals surface area contributed by atoms with Crippen molar-refractivity contribution in [2.45, 2.75) is 20.8 Å². The van der Waals surface area contributed by atoms with Gasteiger partial charge in [0.05, 0.1) is 10.6 Å². The van der Waals surface area contributed by atoms with Gasteiger partial charge in [-0.15, -0.1) is 0 Å². The lowest BCUT2D eigenvalue weighted by molar-refractivity contribution is -0.114. The second-order valence-electron chi connectivity index (χ2n) is 7.17. The van der Waals surface area contributed by atoms with E-state index in [2.05, 4.69) is 23.1 Å². The highest BCUT2D eigenvalue weighted by atomic mass is 32.2. The van der Waals surface area contributed by atoms with Crippen LogP contribution in [0.15, 0.2) is 58.1 Å². The number of aliphatic imine (C=N–C) groups is 1. The Morgan fingerprint density at radius 3 is 2.55 bits per heavy atom. The number of hydrogen-bond donors (Lipinski definition) is 1. The van der Waals surface area contributed by atoms with Crippen molar-refractivity contribution in [1.82, 2.24) is 5.01 Å². The Bertz CT molecular complexity index is 1140. The first-order valence-corrected chi connectivity index (χ1v) is 10.6. The zero-order chi connectivity index (χ0) is 22.0. The van der Waals surface area contributed by atoms with Gasteiger partial charge in [-0.05, 0) is 67.9 Å². The SMILES string of the molecule is CC1=NN2C(=N)C(=Cc3ccc(OCCOc4ccc(C)cc4C)cc3)C(=O)N=C2S1. The lowest BCUT2D eigenvalue weighted by Crippen LogP contribution is -2.35. The Morgan fingerprint density at radius 2 is 1.81 bits per heavy atom. The highest BCUT2D eigenvalue weighted by molar-refractivity contribution is 8.26. The number of hydrazone groups is 1. The van der Waals surface area contributed by atoms with E-state index >= 15 is 0 Å². The number of amides is 1. The number of nitrogens with zero attached hydrogens (tertiary/aromatic N) is 3. The van der Waals surface area contributed by atoms with Gasteiger partial charge < -0.3 is 9.47 Å². The third-order valence-corrected chi connectivity index (χ3v) is 5.51. The monoisotopic (exact) mass is 434 g/mol. The minimum atomic E-state index is -0.433. The zero-order valence-electron chi connectivity index (χ0n) is 17.5. The molecule has 2 aromatic rings. The number of benzene rings is 2. The summed E-state index contributed by atoms with van der Waals surface area (Å²) in [6.45, 7) is 6.75. The molecule has 2 aliphatic rings. The molecule has 1 N–H and O–H groups in total. The Labute approximate surface area is 185 Å². The minimum Gasteiger partial charge on any atom is -0.490 e. The van der Waals surface area contributed by atoms with Gasteiger partial charge in [-0.3, -0.25) is 10.2 Å². The lowest BCUT2D eigenvalue weighted by atomic mass is 10.1. The van der Waals surface area contributed by atoms with Crippen LogP contribution in [0.3, 0.4) is 0 Å². The van der Waals surface area contributed by atoms with Crippen molar-refractivity contribution in [3.05, 3.63) is 64.7 Å². The van der Waals surface area contributed by atoms with Crippen LogP contribution in [0, 0.1) is 19.3 Å². The third kappa shape index (κ3) is 4.69. The molecule has 0 saturated carbocycles. The van der Waals surface area contributed by atoms with Crippen LogP contribution in [-0.2, 0) is 4.79 Å². The van der Waals surface area contributed by atoms with Crippen LogP contribution in [0.2, 0.25) is 0 Å². The minimum absolute atomic E-state index is 0.0308. The maximum atomic E-state index is 12.3. The van der Waals surface area contributed by atoms with E-state index in [1.807, 2.05) is 50.2 Å². The molecule has 2 aromatic carbocycles. The van der Waals surface area contributed by atoms with Crippen molar-refractivity contribution in [2.24, 2.45) is 10.1 Å². The maximum absolute atomic E-state index is 12.3. The molecule has 1 amide bonds. The van der Waals surface area contributed by atoms with Gasteiger partial charge in [0, 0.05) is 0 Å². The van der Waals surface area contributed by atoms with E-state index in [1.165, 1.54) is 22.3 Å². The Hall–Kier alpha value is -3.39. The molecule has 0 aromatic heterocycles. The first-order chi connectivity index (χ1) is 14.9. The molecule has 0 aliphatic carbocycles. The molecule has 31 heavy (non-hydrogen) atoms. The van der Waals surface area contributed by atoms with Crippen molar-refractivity contribution in [3.8, 4) is 11.5 Å². The first kappa shape index (κ1) is 20.9. The topological polar surface area (TPSA) is 87.3 Å². The van der Waals surface area contributed by atoms with Crippen molar-refractivity contribution in [3.63, 3.8) is 0 Å². The fourth-order valence-electron chi connectivity index (χ4n) is 3.19. The largest absolute Gasteiger partial charge is 0.490 e. The van der Waals surface area contributed by atoms with Gasteiger partial charge >= 0.3 is 0 Å². The average molecular weight is 435 g/mol. The number of carbonyl (C=O) groups is 1. The molecule has 7 nitrogen and oxygen atoms in total. The average Bonchev–Trinajstić information content (AvgIpc) is 3.11. The van der Waals surface area contributed by atoms with Gasteiger partial charge in [-0.1, -0.05) is 29.8 Å². The summed E-state index contributed by atoms with van der Waals surface area (Å²) in [5, 5.41) is 15.1. The summed E-state index contributed by atoms with van der Waals surface area (Å²) in [6.07, 6.45) is 1.64. The summed E-state index contributed by atoms with van der Waals surface area (Å²) in [7, 11) is 0. The molecule has 4 rings (SSSR count). The summed E-state index contributed by atoms with van der Waals surface area (Å²) in [5.74, 6) is 1.16. The predicted molar refractivity (Wildman–Crippen MR) is 124 cm³/mol. The molecule has 0 saturated heterocycles. The van der Waals surface area contributed by atoms with Crippen molar-refractivity contribution >= 4 is 39.8 Å². The van der Waals surface area contributed by atoms with E-state index in [0.29, 0.717) is 24.1 Å². The Kier molecular flexibility index (Phi) is 5.90. The highest BCUT2D eigenvalue weighted by Gasteiger charge is 2.34. The second-order valence-corrected chi connectivity index (χ2v) is 8.33. The summed E-state index contributed by atoms with van der Waals surface area (Å²) >= 11 is 1.29. The molecule has 0 unspecified atom stereocenters. The quantitative estimate of drug-likeness (QED) is 0.538. The fourth-order valence-corrected chi connectivity index (χ4v) is 3.92. The molecule has 0 radical (unpaired) electrons. The van der Waals surface area contributed by atoms with Crippen molar-refractivity contribution in [2.75, 3.05) is 13.2 Å². The fraction of sp³-hybridized carbons (Fsp3) is 0.217. The normalized spacial score (nSPS) is 16.9. The number of aryl methyl sites for hydroxylation is 2. The molecule has 0 fully saturated rings. The Balaban J connectivity index is 1.35. The maximum Gasteiger partial charge on any atom is 0.283 e. The number of nitrogens with one attached hydrogen (secondary N) is 1. The number of amidine groups is 2. The summed E-state index contributed by atoms with van der Waals surface area (Å²) in [5.41, 5.74) is 3.29. The van der Waals surface area contributed by atoms with Crippen LogP contribution in [-0.4, -0.2) is 40.2 Å². The number of fused-ring (bicyclic) bond motifs is 1. The van der Waals surface area contributed by atoms with E-state index in [1.54, 1.807) is 6.08 Å². The number of thioether (sulfide) groups is 1. The van der Waals surface area contributed by atoms with E-state index in [-0.39, 0.29) is 11.4 Å². The summed E-state index contributed by atoms with van der Waals surface area (Å²) in [4.78, 5) is 16.4. The number of carbonyl (C=O) groups excluding carboxylic acids is 1. The molecule has 0 spiro atoms. The standard InChI is InChI=1S/C23H22N4O3S/c1-14-4-9-20(15(2)12-14)30-11-10-29-18-7-5-17(6-8-18)13-19-21(24)27-23(25-22(19)28)31-16(3)26-27/h4-9,12-13,24H,10-11H2,1-3H3. The number of hydrogen-bond acceptors (Lipinski definition) is 6. The smallest absolute Gasteiger partial charge is 0.283 e. The molecular weight excluding hydrogens is 412 g/mol. The molecule has 158 valence electrons. The van der Waals surface area contributed by atoms with Crippen LogP contribution in [0.5, 0.6) is 11.5 Å². The molecular formula is C23H22N4O3S. The van der Waals surface area contributed by atoms with Gasteiger partial charge in [0.25, 0.3) is 5.91 Å². The van der Waals surface area contributed by atoms with Crippen LogP contribution < -0.4 is 9.47 Å². The lowest BCUT2D eigenvalue weighted by Gasteiger charge is -2.20. The van der Waals surface area contributed by atoms with E-state index in [0.717, 1.165) is 21.9 Å². The van der Waals surface area contributed by atoms with E-state index < -0.39 is 5.91 Å². The van der Waals surface area contributed by atoms with E-state index in [9.17, 15) is 4.79 Å². The van der Waals surface area contributed by atoms with Crippen LogP contribution in [0.1, 0.15) is 23.6 Å². The first-order valence-electron chi connectivity index (χ1n) is 9.80. The second kappa shape index (κ2) is 8.77. The van der Waals surface area contributed by atoms with Gasteiger partial charge in [0.1, 0.15) is 24.7 Å². The molecule has 8 heteroatoms. The highest BCUT2D eigenvalue weighted by Crippen LogP contribution is 2.28. The molecule has 0 bridgehead atoms. The van der Waals surface area contributed by atoms with Gasteiger partial charge in [0.15, 0.2) is 5.84 Å². The molecule has 2 aliphatic heterocycles. The van der Waals surface area contributed by atoms with E-state index in [4.69, 9.17) is 14.9 Å². The predicted octanol–water partition coefficient (Wildman–Crippen LogP) is 4.40. The van der Waals surface area contributed by atoms with Crippen LogP contribution >= 0.6 is 11.8 Å². The number of rotatable bonds is 6. The van der Waals surface area contributed by atoms with Crippen molar-refractivity contribution in [1.29, 1.82) is 5.41 Å². The van der Waals surface area contributed by atoms with Crippen LogP contribution in [0.4, 0.5) is 0 Å². The summed E-state index contributed by atoms with van der Waals surface area (Å²) in [6, 6.07) is 13.4. The van der Waals surface area contributed by atoms with Gasteiger partial charge in [-0.2, -0.15) is 15.1 Å². The van der Waals surface area contributed by atoms with Gasteiger partial charge in [0.2, 0.25) is 5.17 Å². The Morgan fingerprint density at radius 1 is 1.06 bits per heavy atom.